The molecule has 21 heavy (non-hydrogen) atoms. The van der Waals surface area contributed by atoms with Crippen molar-refractivity contribution >= 4 is 28.7 Å². The van der Waals surface area contributed by atoms with E-state index in [0.717, 1.165) is 11.1 Å². The summed E-state index contributed by atoms with van der Waals surface area (Å²) in [5.41, 5.74) is 2.51. The average molecular weight is 309 g/mol. The zero-order valence-corrected chi connectivity index (χ0v) is 13.8. The number of hydrogen-bond acceptors (Lipinski definition) is 3. The molecule has 0 saturated heterocycles. The van der Waals surface area contributed by atoms with Crippen molar-refractivity contribution in [2.24, 2.45) is 0 Å². The number of imidazole rings is 1. The fraction of sp³-hybridized carbons (Fsp3) is 0.533. The molecule has 0 radical (unpaired) electrons. The van der Waals surface area contributed by atoms with Gasteiger partial charge in [0.05, 0.1) is 5.38 Å². The number of alkyl halides is 1. The topological polar surface area (TPSA) is 51.0 Å². The van der Waals surface area contributed by atoms with Crippen LogP contribution in [0.15, 0.2) is 12.3 Å². The van der Waals surface area contributed by atoms with Crippen molar-refractivity contribution in [1.29, 1.82) is 0 Å². The molecule has 0 saturated carbocycles. The third kappa shape index (κ3) is 2.88. The summed E-state index contributed by atoms with van der Waals surface area (Å²) >= 11 is 6.25. The summed E-state index contributed by atoms with van der Waals surface area (Å²) in [5.74, 6) is 0.702. The molecule has 2 heterocycles. The Hall–Kier alpha value is -1.62. The van der Waals surface area contributed by atoms with Gasteiger partial charge in [0.1, 0.15) is 17.4 Å². The number of hydrogen-bond donors (Lipinski definition) is 0. The van der Waals surface area contributed by atoms with Crippen LogP contribution in [0.1, 0.15) is 43.6 Å². The van der Waals surface area contributed by atoms with Crippen LogP contribution in [-0.2, 0) is 4.79 Å². The average Bonchev–Trinajstić information content (AvgIpc) is 2.83. The number of aromatic nitrogens is 3. The normalized spacial score (nSPS) is 14.2. The van der Waals surface area contributed by atoms with Gasteiger partial charge in [0.25, 0.3) is 0 Å². The minimum Gasteiger partial charge on any atom is -0.344 e. The molecule has 2 unspecified atom stereocenters. The number of likely N-dealkylation sites (N-methyl/N-ethyl adjacent to an activating group) is 1. The maximum atomic E-state index is 12.5. The molecule has 6 heteroatoms. The number of pyridine rings is 1. The Morgan fingerprint density at radius 1 is 1.48 bits per heavy atom. The zero-order chi connectivity index (χ0) is 15.7. The smallest absolute Gasteiger partial charge is 0.245 e. The molecule has 0 N–H and O–H groups in total. The summed E-state index contributed by atoms with van der Waals surface area (Å²) in [7, 11) is 1.79. The Bertz CT molecular complexity index is 665. The van der Waals surface area contributed by atoms with Crippen molar-refractivity contribution in [3.63, 3.8) is 0 Å². The van der Waals surface area contributed by atoms with Gasteiger partial charge in [-0.05, 0) is 39.3 Å². The van der Waals surface area contributed by atoms with Crippen LogP contribution in [0, 0.1) is 6.92 Å². The molecule has 0 aliphatic heterocycles. The Kier molecular flexibility index (Phi) is 4.52. The third-order valence-corrected chi connectivity index (χ3v) is 3.84. The number of nitrogens with zero attached hydrogens (tertiary/aromatic N) is 4. The zero-order valence-electron chi connectivity index (χ0n) is 13.1. The molecule has 2 rings (SSSR count). The van der Waals surface area contributed by atoms with Crippen LogP contribution in [0.5, 0.6) is 0 Å². The quantitative estimate of drug-likeness (QED) is 0.816. The molecule has 2 aromatic heterocycles. The molecule has 0 aliphatic carbocycles. The van der Waals surface area contributed by atoms with Crippen molar-refractivity contribution in [3.05, 3.63) is 23.7 Å². The van der Waals surface area contributed by atoms with Gasteiger partial charge in [0, 0.05) is 19.8 Å². The first-order chi connectivity index (χ1) is 9.86. The number of rotatable bonds is 4. The molecular formula is C15H21ClN4O. The summed E-state index contributed by atoms with van der Waals surface area (Å²) < 4.78 is 1.85. The van der Waals surface area contributed by atoms with E-state index in [1.165, 1.54) is 0 Å². The molecule has 0 bridgehead atoms. The highest BCUT2D eigenvalue weighted by molar-refractivity contribution is 6.20. The van der Waals surface area contributed by atoms with Crippen molar-refractivity contribution in [1.82, 2.24) is 19.4 Å². The van der Waals surface area contributed by atoms with Gasteiger partial charge in [-0.15, -0.1) is 11.6 Å². The monoisotopic (exact) mass is 308 g/mol. The van der Waals surface area contributed by atoms with Gasteiger partial charge in [0.2, 0.25) is 5.91 Å². The van der Waals surface area contributed by atoms with Gasteiger partial charge in [0.15, 0.2) is 5.65 Å². The first-order valence-corrected chi connectivity index (χ1v) is 7.54. The first-order valence-electron chi connectivity index (χ1n) is 7.10. The molecule has 0 aliphatic rings. The first kappa shape index (κ1) is 15.8. The predicted molar refractivity (Wildman–Crippen MR) is 84.6 cm³/mol. The van der Waals surface area contributed by atoms with Crippen LogP contribution in [-0.4, -0.2) is 38.9 Å². The Morgan fingerprint density at radius 3 is 2.71 bits per heavy atom. The third-order valence-electron chi connectivity index (χ3n) is 3.65. The fourth-order valence-electron chi connectivity index (χ4n) is 2.35. The van der Waals surface area contributed by atoms with E-state index >= 15 is 0 Å². The lowest BCUT2D eigenvalue weighted by Gasteiger charge is -2.22. The van der Waals surface area contributed by atoms with Crippen molar-refractivity contribution in [2.75, 3.05) is 13.6 Å². The van der Waals surface area contributed by atoms with Crippen LogP contribution < -0.4 is 0 Å². The number of amides is 1. The Morgan fingerprint density at radius 2 is 2.14 bits per heavy atom. The Balaban J connectivity index is 2.60. The summed E-state index contributed by atoms with van der Waals surface area (Å²) in [6.45, 7) is 8.29. The van der Waals surface area contributed by atoms with Crippen LogP contribution >= 0.6 is 11.6 Å². The Labute approximate surface area is 129 Å². The SMILES string of the molecule is CCN(C)C(=O)C(C)n1c(C(C)Cl)nc2cc(C)cnc21. The van der Waals surface area contributed by atoms with Gasteiger partial charge in [-0.3, -0.25) is 9.36 Å². The van der Waals surface area contributed by atoms with Crippen LogP contribution in [0.3, 0.4) is 0 Å². The summed E-state index contributed by atoms with van der Waals surface area (Å²) in [6, 6.07) is 1.58. The maximum absolute atomic E-state index is 12.5. The van der Waals surface area contributed by atoms with E-state index < -0.39 is 0 Å². The minimum absolute atomic E-state index is 0.0257. The van der Waals surface area contributed by atoms with Gasteiger partial charge in [-0.25, -0.2) is 9.97 Å². The molecule has 5 nitrogen and oxygen atoms in total. The molecule has 0 aromatic carbocycles. The largest absolute Gasteiger partial charge is 0.344 e. The lowest BCUT2D eigenvalue weighted by atomic mass is 10.2. The van der Waals surface area contributed by atoms with Crippen LogP contribution in [0.25, 0.3) is 11.2 Å². The molecule has 2 atom stereocenters. The second-order valence-electron chi connectivity index (χ2n) is 5.34. The predicted octanol–water partition coefficient (Wildman–Crippen LogP) is 3.08. The summed E-state index contributed by atoms with van der Waals surface area (Å²) in [4.78, 5) is 23.2. The van der Waals surface area contributed by atoms with E-state index in [2.05, 4.69) is 9.97 Å². The molecule has 114 valence electrons. The highest BCUT2D eigenvalue weighted by Gasteiger charge is 2.26. The lowest BCUT2D eigenvalue weighted by molar-refractivity contribution is -0.132. The number of carbonyl (C=O) groups excluding carboxylic acids is 1. The molecule has 2 aromatic rings. The highest BCUT2D eigenvalue weighted by atomic mass is 35.5. The van der Waals surface area contributed by atoms with E-state index in [-0.39, 0.29) is 17.3 Å². The number of halogens is 1. The van der Waals surface area contributed by atoms with Crippen molar-refractivity contribution < 1.29 is 4.79 Å². The molecule has 1 amide bonds. The van der Waals surface area contributed by atoms with Crippen LogP contribution in [0.2, 0.25) is 0 Å². The minimum atomic E-state index is -0.383. The summed E-state index contributed by atoms with van der Waals surface area (Å²) in [5, 5.41) is -0.290. The van der Waals surface area contributed by atoms with E-state index in [1.807, 2.05) is 38.3 Å². The summed E-state index contributed by atoms with van der Waals surface area (Å²) in [6.07, 6.45) is 1.78. The number of fused-ring (bicyclic) bond motifs is 1. The van der Waals surface area contributed by atoms with Crippen molar-refractivity contribution in [3.8, 4) is 0 Å². The fourth-order valence-corrected chi connectivity index (χ4v) is 2.50. The van der Waals surface area contributed by atoms with Gasteiger partial charge < -0.3 is 4.90 Å². The van der Waals surface area contributed by atoms with Gasteiger partial charge in [-0.2, -0.15) is 0 Å². The van der Waals surface area contributed by atoms with E-state index in [9.17, 15) is 4.79 Å². The second-order valence-corrected chi connectivity index (χ2v) is 5.99. The number of carbonyl (C=O) groups is 1. The number of aryl methyl sites for hydroxylation is 1. The van der Waals surface area contributed by atoms with E-state index in [1.54, 1.807) is 18.1 Å². The second kappa shape index (κ2) is 6.02. The van der Waals surface area contributed by atoms with Gasteiger partial charge in [-0.1, -0.05) is 0 Å². The maximum Gasteiger partial charge on any atom is 0.245 e. The molecule has 0 fully saturated rings. The standard InChI is InChI=1S/C15H21ClN4O/c1-6-19(5)15(21)11(4)20-13(10(3)16)18-12-7-9(2)8-17-14(12)20/h7-8,10-11H,6H2,1-5H3. The molecular weight excluding hydrogens is 288 g/mol. The molecule has 0 spiro atoms. The lowest BCUT2D eigenvalue weighted by Crippen LogP contribution is -2.33. The van der Waals surface area contributed by atoms with Crippen molar-refractivity contribution in [2.45, 2.75) is 39.1 Å². The van der Waals surface area contributed by atoms with Crippen LogP contribution in [0.4, 0.5) is 0 Å². The van der Waals surface area contributed by atoms with Gasteiger partial charge >= 0.3 is 0 Å². The highest BCUT2D eigenvalue weighted by Crippen LogP contribution is 2.28. The van der Waals surface area contributed by atoms with E-state index in [0.29, 0.717) is 18.0 Å². The van der Waals surface area contributed by atoms with E-state index in [4.69, 9.17) is 11.6 Å².